The zero-order valence-corrected chi connectivity index (χ0v) is 18.1. The van der Waals surface area contributed by atoms with Gasteiger partial charge in [0.25, 0.3) is 0 Å². The van der Waals surface area contributed by atoms with E-state index >= 15 is 0 Å². The van der Waals surface area contributed by atoms with Crippen LogP contribution in [0.4, 0.5) is 11.6 Å². The van der Waals surface area contributed by atoms with Gasteiger partial charge in [-0.2, -0.15) is 0 Å². The second-order valence-corrected chi connectivity index (χ2v) is 9.28. The highest BCUT2D eigenvalue weighted by Gasteiger charge is 2.24. The van der Waals surface area contributed by atoms with Crippen molar-refractivity contribution < 1.29 is 0 Å². The number of piperazine rings is 1. The van der Waals surface area contributed by atoms with Gasteiger partial charge in [0, 0.05) is 37.3 Å². The Bertz CT molecular complexity index is 987. The van der Waals surface area contributed by atoms with Crippen LogP contribution in [0.25, 0.3) is 10.2 Å². The van der Waals surface area contributed by atoms with Crippen LogP contribution in [0.5, 0.6) is 0 Å². The first-order chi connectivity index (χ1) is 14.2. The molecule has 0 unspecified atom stereocenters. The molecule has 0 N–H and O–H groups in total. The summed E-state index contributed by atoms with van der Waals surface area (Å²) in [6.07, 6.45) is 4.46. The maximum Gasteiger partial charge on any atom is 0.146 e. The fraction of sp³-hybridized carbons (Fsp3) is 0.500. The zero-order chi connectivity index (χ0) is 19.8. The highest BCUT2D eigenvalue weighted by atomic mass is 32.1. The number of rotatable bonds is 4. The molecule has 2 fully saturated rings. The molecule has 29 heavy (non-hydrogen) atoms. The minimum atomic E-state index is 0.868. The number of thiophene rings is 1. The fourth-order valence-electron chi connectivity index (χ4n) is 4.40. The lowest BCUT2D eigenvalue weighted by Gasteiger charge is -2.36. The second kappa shape index (κ2) is 7.88. The van der Waals surface area contributed by atoms with Gasteiger partial charge in [0.2, 0.25) is 0 Å². The number of nitrogens with zero attached hydrogens (tertiary/aromatic N) is 6. The normalized spacial score (nSPS) is 18.1. The van der Waals surface area contributed by atoms with Gasteiger partial charge in [-0.15, -0.1) is 11.3 Å². The van der Waals surface area contributed by atoms with Crippen molar-refractivity contribution in [2.75, 3.05) is 49.1 Å². The van der Waals surface area contributed by atoms with Crippen LogP contribution in [0.3, 0.4) is 0 Å². The van der Waals surface area contributed by atoms with Gasteiger partial charge in [0.15, 0.2) is 0 Å². The Morgan fingerprint density at radius 1 is 0.931 bits per heavy atom. The highest BCUT2D eigenvalue weighted by Crippen LogP contribution is 2.35. The van der Waals surface area contributed by atoms with E-state index in [1.165, 1.54) is 41.8 Å². The van der Waals surface area contributed by atoms with Gasteiger partial charge in [0.1, 0.15) is 22.3 Å². The van der Waals surface area contributed by atoms with E-state index in [1.807, 2.05) is 23.6 Å². The minimum Gasteiger partial charge on any atom is -0.353 e. The van der Waals surface area contributed by atoms with E-state index in [1.54, 1.807) is 0 Å². The molecule has 3 aromatic rings. The summed E-state index contributed by atoms with van der Waals surface area (Å²) in [5, 5.41) is 1.25. The number of hydrogen-bond donors (Lipinski definition) is 0. The molecular formula is C22H28N6S. The molecule has 6 nitrogen and oxygen atoms in total. The summed E-state index contributed by atoms with van der Waals surface area (Å²) in [5.41, 5.74) is 1.33. The number of hydrogen-bond acceptors (Lipinski definition) is 7. The predicted molar refractivity (Wildman–Crippen MR) is 120 cm³/mol. The van der Waals surface area contributed by atoms with E-state index in [0.29, 0.717) is 0 Å². The summed E-state index contributed by atoms with van der Waals surface area (Å²) in [6.45, 7) is 11.5. The molecule has 3 aromatic heterocycles. The zero-order valence-electron chi connectivity index (χ0n) is 17.3. The van der Waals surface area contributed by atoms with Crippen molar-refractivity contribution in [1.29, 1.82) is 0 Å². The van der Waals surface area contributed by atoms with Crippen LogP contribution < -0.4 is 9.80 Å². The van der Waals surface area contributed by atoms with Crippen LogP contribution in [-0.2, 0) is 6.54 Å². The predicted octanol–water partition coefficient (Wildman–Crippen LogP) is 3.63. The molecule has 5 heterocycles. The molecule has 2 saturated heterocycles. The lowest BCUT2D eigenvalue weighted by Crippen LogP contribution is -2.47. The average molecular weight is 409 g/mol. The maximum atomic E-state index is 5.11. The minimum absolute atomic E-state index is 0.868. The van der Waals surface area contributed by atoms with E-state index in [0.717, 1.165) is 55.0 Å². The van der Waals surface area contributed by atoms with Gasteiger partial charge >= 0.3 is 0 Å². The van der Waals surface area contributed by atoms with Gasteiger partial charge in [0.05, 0.1) is 11.9 Å². The van der Waals surface area contributed by atoms with Crippen LogP contribution in [0.2, 0.25) is 0 Å². The van der Waals surface area contributed by atoms with Gasteiger partial charge < -0.3 is 9.80 Å². The number of aromatic nitrogens is 3. The van der Waals surface area contributed by atoms with Crippen molar-refractivity contribution >= 4 is 33.2 Å². The Hall–Kier alpha value is -2.25. The third kappa shape index (κ3) is 3.69. The topological polar surface area (TPSA) is 48.4 Å². The number of fused-ring (bicyclic) bond motifs is 1. The SMILES string of the molecule is Cc1sc2nc(CN3CCCC3)nc(N3CCN(c4ccccn4)CC3)c2c1C. The Morgan fingerprint density at radius 2 is 1.69 bits per heavy atom. The smallest absolute Gasteiger partial charge is 0.146 e. The van der Waals surface area contributed by atoms with E-state index in [2.05, 4.69) is 45.7 Å². The molecule has 0 atom stereocenters. The molecule has 0 aliphatic carbocycles. The molecule has 0 aromatic carbocycles. The van der Waals surface area contributed by atoms with Crippen molar-refractivity contribution in [3.05, 3.63) is 40.7 Å². The monoisotopic (exact) mass is 408 g/mol. The van der Waals surface area contributed by atoms with E-state index in [9.17, 15) is 0 Å². The molecule has 152 valence electrons. The highest BCUT2D eigenvalue weighted by molar-refractivity contribution is 7.18. The third-order valence-corrected chi connectivity index (χ3v) is 7.27. The molecule has 2 aliphatic rings. The first-order valence-electron chi connectivity index (χ1n) is 10.6. The first kappa shape index (κ1) is 18.8. The average Bonchev–Trinajstić information content (AvgIpc) is 3.36. The molecule has 0 spiro atoms. The first-order valence-corrected chi connectivity index (χ1v) is 11.4. The van der Waals surface area contributed by atoms with E-state index in [4.69, 9.17) is 9.97 Å². The van der Waals surface area contributed by atoms with Crippen LogP contribution >= 0.6 is 11.3 Å². The van der Waals surface area contributed by atoms with Crippen molar-refractivity contribution in [3.8, 4) is 0 Å². The lowest BCUT2D eigenvalue weighted by molar-refractivity contribution is 0.323. The molecule has 0 saturated carbocycles. The molecule has 2 aliphatic heterocycles. The summed E-state index contributed by atoms with van der Waals surface area (Å²) < 4.78 is 0. The number of pyridine rings is 1. The Morgan fingerprint density at radius 3 is 2.41 bits per heavy atom. The second-order valence-electron chi connectivity index (χ2n) is 8.07. The van der Waals surface area contributed by atoms with Gasteiger partial charge in [-0.25, -0.2) is 15.0 Å². The van der Waals surface area contributed by atoms with Crippen LogP contribution in [-0.4, -0.2) is 59.1 Å². The Kier molecular flexibility index (Phi) is 5.09. The standard InChI is InChI=1S/C22H28N6S/c1-16-17(2)29-22-20(16)21(24-18(25-22)15-26-9-5-6-10-26)28-13-11-27(12-14-28)19-7-3-4-8-23-19/h3-4,7-8H,5-6,9-15H2,1-2H3. The Balaban J connectivity index is 1.43. The summed E-state index contributed by atoms with van der Waals surface area (Å²) in [4.78, 5) is 24.4. The number of likely N-dealkylation sites (tertiary alicyclic amines) is 1. The van der Waals surface area contributed by atoms with Crippen molar-refractivity contribution in [1.82, 2.24) is 19.9 Å². The summed E-state index contributed by atoms with van der Waals surface area (Å²) >= 11 is 1.81. The number of anilines is 2. The van der Waals surface area contributed by atoms with Gasteiger partial charge in [-0.3, -0.25) is 4.90 Å². The molecule has 7 heteroatoms. The molecule has 5 rings (SSSR count). The van der Waals surface area contributed by atoms with Crippen LogP contribution in [0.15, 0.2) is 24.4 Å². The molecule has 0 bridgehead atoms. The van der Waals surface area contributed by atoms with Gasteiger partial charge in [-0.05, 0) is 57.5 Å². The number of aryl methyl sites for hydroxylation is 2. The van der Waals surface area contributed by atoms with E-state index < -0.39 is 0 Å². The largest absolute Gasteiger partial charge is 0.353 e. The molecule has 0 radical (unpaired) electrons. The summed E-state index contributed by atoms with van der Waals surface area (Å²) in [6, 6.07) is 6.13. The van der Waals surface area contributed by atoms with Crippen molar-refractivity contribution in [3.63, 3.8) is 0 Å². The summed E-state index contributed by atoms with van der Waals surface area (Å²) in [7, 11) is 0. The summed E-state index contributed by atoms with van der Waals surface area (Å²) in [5.74, 6) is 3.17. The Labute approximate surface area is 176 Å². The van der Waals surface area contributed by atoms with Crippen LogP contribution in [0.1, 0.15) is 29.1 Å². The molecule has 0 amide bonds. The van der Waals surface area contributed by atoms with Crippen molar-refractivity contribution in [2.24, 2.45) is 0 Å². The van der Waals surface area contributed by atoms with Crippen LogP contribution in [0, 0.1) is 13.8 Å². The van der Waals surface area contributed by atoms with Gasteiger partial charge in [-0.1, -0.05) is 6.07 Å². The van der Waals surface area contributed by atoms with Crippen molar-refractivity contribution in [2.45, 2.75) is 33.2 Å². The molecular weight excluding hydrogens is 380 g/mol. The fourth-order valence-corrected chi connectivity index (χ4v) is 5.44. The quantitative estimate of drug-likeness (QED) is 0.657. The lowest BCUT2D eigenvalue weighted by atomic mass is 10.2. The third-order valence-electron chi connectivity index (χ3n) is 6.17. The maximum absolute atomic E-state index is 5.11. The van der Waals surface area contributed by atoms with E-state index in [-0.39, 0.29) is 0 Å².